The van der Waals surface area contributed by atoms with Crippen LogP contribution in [0.1, 0.15) is 32.1 Å². The van der Waals surface area contributed by atoms with E-state index in [1.54, 1.807) is 0 Å². The molecular weight excluding hydrogens is 234 g/mol. The van der Waals surface area contributed by atoms with E-state index >= 15 is 0 Å². The summed E-state index contributed by atoms with van der Waals surface area (Å²) in [5.74, 6) is -0.659. The molecule has 1 aliphatic carbocycles. The summed E-state index contributed by atoms with van der Waals surface area (Å²) in [7, 11) is 0. The van der Waals surface area contributed by atoms with Crippen LogP contribution in [-0.4, -0.2) is 47.1 Å². The first kappa shape index (κ1) is 13.3. The molecule has 1 saturated heterocycles. The van der Waals surface area contributed by atoms with E-state index in [-0.39, 0.29) is 18.9 Å². The van der Waals surface area contributed by atoms with Crippen LogP contribution in [0.2, 0.25) is 0 Å². The van der Waals surface area contributed by atoms with Crippen LogP contribution >= 0.6 is 0 Å². The minimum Gasteiger partial charge on any atom is -0.391 e. The number of aliphatic hydroxyl groups excluding tert-OH is 1. The smallest absolute Gasteiger partial charge is 0.240 e. The van der Waals surface area contributed by atoms with E-state index in [0.717, 1.165) is 25.7 Å². The summed E-state index contributed by atoms with van der Waals surface area (Å²) in [6.45, 7) is 0.484. The van der Waals surface area contributed by atoms with Crippen molar-refractivity contribution in [2.75, 3.05) is 13.1 Å². The molecule has 2 aliphatic rings. The molecule has 102 valence electrons. The highest BCUT2D eigenvalue weighted by Crippen LogP contribution is 2.40. The zero-order valence-electron chi connectivity index (χ0n) is 10.5. The highest BCUT2D eigenvalue weighted by molar-refractivity contribution is 5.90. The van der Waals surface area contributed by atoms with Crippen LogP contribution < -0.4 is 11.5 Å². The normalized spacial score (nSPS) is 30.7. The highest BCUT2D eigenvalue weighted by Gasteiger charge is 2.47. The van der Waals surface area contributed by atoms with Gasteiger partial charge in [0.15, 0.2) is 0 Å². The summed E-state index contributed by atoms with van der Waals surface area (Å²) >= 11 is 0. The number of amides is 2. The van der Waals surface area contributed by atoms with E-state index < -0.39 is 23.5 Å². The van der Waals surface area contributed by atoms with Crippen LogP contribution in [0.4, 0.5) is 0 Å². The average Bonchev–Trinajstić information content (AvgIpc) is 2.95. The van der Waals surface area contributed by atoms with E-state index in [9.17, 15) is 14.7 Å². The van der Waals surface area contributed by atoms with Crippen molar-refractivity contribution in [2.24, 2.45) is 16.9 Å². The van der Waals surface area contributed by atoms with Crippen LogP contribution in [0.5, 0.6) is 0 Å². The standard InChI is InChI=1S/C12H21N3O3/c13-7-12(3-1-2-4-12)11(18)15-6-8(16)5-9(15)10(14)17/h8-9,16H,1-7,13H2,(H2,14,17). The fourth-order valence-electron chi connectivity index (χ4n) is 3.17. The molecule has 2 unspecified atom stereocenters. The quantitative estimate of drug-likeness (QED) is 0.598. The van der Waals surface area contributed by atoms with Crippen molar-refractivity contribution in [2.45, 2.75) is 44.2 Å². The van der Waals surface area contributed by atoms with Gasteiger partial charge in [0, 0.05) is 19.5 Å². The van der Waals surface area contributed by atoms with Crippen LogP contribution in [0, 0.1) is 5.41 Å². The molecule has 18 heavy (non-hydrogen) atoms. The molecule has 0 spiro atoms. The molecule has 6 heteroatoms. The van der Waals surface area contributed by atoms with Gasteiger partial charge in [0.1, 0.15) is 6.04 Å². The average molecular weight is 255 g/mol. The van der Waals surface area contributed by atoms with Gasteiger partial charge in [-0.2, -0.15) is 0 Å². The van der Waals surface area contributed by atoms with Gasteiger partial charge in [-0.15, -0.1) is 0 Å². The predicted molar refractivity (Wildman–Crippen MR) is 65.3 cm³/mol. The number of carbonyl (C=O) groups is 2. The maximum absolute atomic E-state index is 12.6. The number of nitrogens with zero attached hydrogens (tertiary/aromatic N) is 1. The predicted octanol–water partition coefficient (Wildman–Crippen LogP) is -1.05. The van der Waals surface area contributed by atoms with Crippen molar-refractivity contribution in [1.82, 2.24) is 4.90 Å². The Kier molecular flexibility index (Phi) is 3.59. The van der Waals surface area contributed by atoms with Crippen molar-refractivity contribution in [3.63, 3.8) is 0 Å². The SMILES string of the molecule is NCC1(C(=O)N2CC(O)CC2C(N)=O)CCCC1. The summed E-state index contributed by atoms with van der Waals surface area (Å²) < 4.78 is 0. The Morgan fingerprint density at radius 2 is 1.94 bits per heavy atom. The minimum absolute atomic E-state index is 0.108. The van der Waals surface area contributed by atoms with Crippen molar-refractivity contribution in [1.29, 1.82) is 0 Å². The fraction of sp³-hybridized carbons (Fsp3) is 0.833. The lowest BCUT2D eigenvalue weighted by Gasteiger charge is -2.33. The second-order valence-corrected chi connectivity index (χ2v) is 5.46. The Bertz CT molecular complexity index is 352. The maximum Gasteiger partial charge on any atom is 0.240 e. The third-order valence-electron chi connectivity index (χ3n) is 4.27. The first-order valence-electron chi connectivity index (χ1n) is 6.49. The molecule has 0 bridgehead atoms. The minimum atomic E-state index is -0.684. The Balaban J connectivity index is 2.19. The lowest BCUT2D eigenvalue weighted by Crippen LogP contribution is -2.51. The van der Waals surface area contributed by atoms with E-state index in [1.807, 2.05) is 0 Å². The van der Waals surface area contributed by atoms with Crippen LogP contribution in [-0.2, 0) is 9.59 Å². The van der Waals surface area contributed by atoms with Crippen molar-refractivity contribution in [3.8, 4) is 0 Å². The number of aliphatic hydroxyl groups is 1. The van der Waals surface area contributed by atoms with E-state index in [0.29, 0.717) is 6.54 Å². The molecule has 0 aromatic rings. The van der Waals surface area contributed by atoms with Gasteiger partial charge in [-0.1, -0.05) is 12.8 Å². The van der Waals surface area contributed by atoms with Gasteiger partial charge < -0.3 is 21.5 Å². The maximum atomic E-state index is 12.6. The van der Waals surface area contributed by atoms with E-state index in [4.69, 9.17) is 11.5 Å². The molecule has 5 N–H and O–H groups in total. The third kappa shape index (κ3) is 2.10. The molecule has 6 nitrogen and oxygen atoms in total. The molecule has 2 fully saturated rings. The number of primary amides is 1. The summed E-state index contributed by atoms with van der Waals surface area (Å²) in [6.07, 6.45) is 3.08. The van der Waals surface area contributed by atoms with Crippen molar-refractivity contribution >= 4 is 11.8 Å². The number of rotatable bonds is 3. The molecule has 2 atom stereocenters. The Labute approximate surface area is 106 Å². The molecule has 2 rings (SSSR count). The van der Waals surface area contributed by atoms with Gasteiger partial charge in [0.05, 0.1) is 11.5 Å². The largest absolute Gasteiger partial charge is 0.391 e. The number of likely N-dealkylation sites (tertiary alicyclic amines) is 1. The van der Waals surface area contributed by atoms with Crippen LogP contribution in [0.25, 0.3) is 0 Å². The highest BCUT2D eigenvalue weighted by atomic mass is 16.3. The van der Waals surface area contributed by atoms with Gasteiger partial charge in [-0.3, -0.25) is 9.59 Å². The second-order valence-electron chi connectivity index (χ2n) is 5.46. The molecular formula is C12H21N3O3. The third-order valence-corrected chi connectivity index (χ3v) is 4.27. The fourth-order valence-corrected chi connectivity index (χ4v) is 3.17. The zero-order chi connectivity index (χ0) is 13.3. The molecule has 0 radical (unpaired) electrons. The summed E-state index contributed by atoms with van der Waals surface area (Å²) in [5.41, 5.74) is 10.5. The molecule has 0 aromatic heterocycles. The summed E-state index contributed by atoms with van der Waals surface area (Å²) in [4.78, 5) is 25.4. The van der Waals surface area contributed by atoms with Crippen LogP contribution in [0.3, 0.4) is 0 Å². The van der Waals surface area contributed by atoms with Crippen molar-refractivity contribution < 1.29 is 14.7 Å². The number of hydrogen-bond acceptors (Lipinski definition) is 4. The molecule has 1 heterocycles. The van der Waals surface area contributed by atoms with Gasteiger partial charge in [0.2, 0.25) is 11.8 Å². The Morgan fingerprint density at radius 3 is 2.44 bits per heavy atom. The number of carbonyl (C=O) groups excluding carboxylic acids is 2. The van der Waals surface area contributed by atoms with Crippen molar-refractivity contribution in [3.05, 3.63) is 0 Å². The molecule has 1 aliphatic heterocycles. The van der Waals surface area contributed by atoms with Gasteiger partial charge in [-0.25, -0.2) is 0 Å². The first-order chi connectivity index (χ1) is 8.50. The monoisotopic (exact) mass is 255 g/mol. The number of hydrogen-bond donors (Lipinski definition) is 3. The number of nitrogens with two attached hydrogens (primary N) is 2. The zero-order valence-corrected chi connectivity index (χ0v) is 10.5. The lowest BCUT2D eigenvalue weighted by atomic mass is 9.84. The van der Waals surface area contributed by atoms with E-state index in [1.165, 1.54) is 4.90 Å². The summed E-state index contributed by atoms with van der Waals surface area (Å²) in [6, 6.07) is -0.684. The van der Waals surface area contributed by atoms with Crippen LogP contribution in [0.15, 0.2) is 0 Å². The van der Waals surface area contributed by atoms with Gasteiger partial charge in [0.25, 0.3) is 0 Å². The number of β-amino-alcohol motifs (C(OH)–C–C–N with tert-alkyl or cyclic N) is 1. The first-order valence-corrected chi connectivity index (χ1v) is 6.49. The van der Waals surface area contributed by atoms with Gasteiger partial charge in [-0.05, 0) is 12.8 Å². The molecule has 1 saturated carbocycles. The van der Waals surface area contributed by atoms with Gasteiger partial charge >= 0.3 is 0 Å². The lowest BCUT2D eigenvalue weighted by molar-refractivity contribution is -0.145. The Hall–Kier alpha value is -1.14. The second kappa shape index (κ2) is 4.85. The molecule has 2 amide bonds. The molecule has 0 aromatic carbocycles. The topological polar surface area (TPSA) is 110 Å². The summed E-state index contributed by atoms with van der Waals surface area (Å²) in [5, 5.41) is 9.63. The van der Waals surface area contributed by atoms with E-state index in [2.05, 4.69) is 0 Å². The Morgan fingerprint density at radius 1 is 1.33 bits per heavy atom.